The molecule has 1 aliphatic heterocycles. The number of nitriles is 1. The van der Waals surface area contributed by atoms with E-state index in [9.17, 15) is 9.65 Å². The van der Waals surface area contributed by atoms with Crippen molar-refractivity contribution < 1.29 is 13.9 Å². The molecular formula is C23H19FN4O2. The molecule has 5 rings (SSSR count). The number of hydrogen-bond acceptors (Lipinski definition) is 4. The predicted octanol–water partition coefficient (Wildman–Crippen LogP) is 4.48. The lowest BCUT2D eigenvalue weighted by molar-refractivity contribution is 0.0424. The Hall–Kier alpha value is -3.63. The number of hydrogen-bond donors (Lipinski definition) is 1. The molecule has 0 saturated heterocycles. The zero-order chi connectivity index (χ0) is 20.8. The Kier molecular flexibility index (Phi) is 4.30. The van der Waals surface area contributed by atoms with Gasteiger partial charge in [0.25, 0.3) is 0 Å². The lowest BCUT2D eigenvalue weighted by Gasteiger charge is -2.25. The van der Waals surface area contributed by atoms with Crippen molar-refractivity contribution in [2.45, 2.75) is 19.6 Å². The van der Waals surface area contributed by atoms with Crippen LogP contribution in [0.25, 0.3) is 22.3 Å². The van der Waals surface area contributed by atoms with Gasteiger partial charge in [-0.15, -0.1) is 0 Å². The summed E-state index contributed by atoms with van der Waals surface area (Å²) in [5.41, 5.74) is 4.27. The van der Waals surface area contributed by atoms with Crippen LogP contribution in [-0.2, 0) is 11.3 Å². The highest BCUT2D eigenvalue weighted by atomic mass is 19.1. The molecule has 1 N–H and O–H groups in total. The minimum Gasteiger partial charge on any atom is -0.495 e. The molecule has 3 heterocycles. The second kappa shape index (κ2) is 7.01. The number of ether oxygens (including phenoxy) is 2. The van der Waals surface area contributed by atoms with E-state index in [2.05, 4.69) is 15.6 Å². The lowest BCUT2D eigenvalue weighted by Crippen LogP contribution is -2.23. The number of H-pyrrole nitrogens is 1. The first kappa shape index (κ1) is 18.4. The molecule has 150 valence electrons. The third-order valence-corrected chi connectivity index (χ3v) is 5.61. The topological polar surface area (TPSA) is 75.9 Å². The van der Waals surface area contributed by atoms with Crippen LogP contribution in [0.2, 0.25) is 0 Å². The lowest BCUT2D eigenvalue weighted by atomic mass is 10.0. The van der Waals surface area contributed by atoms with E-state index in [-0.39, 0.29) is 5.82 Å². The number of nitrogens with zero attached hydrogens (tertiary/aromatic N) is 3. The van der Waals surface area contributed by atoms with Gasteiger partial charge in [0.1, 0.15) is 35.3 Å². The van der Waals surface area contributed by atoms with Crippen molar-refractivity contribution >= 4 is 10.9 Å². The Morgan fingerprint density at radius 3 is 3.00 bits per heavy atom. The van der Waals surface area contributed by atoms with Crippen molar-refractivity contribution in [3.63, 3.8) is 0 Å². The van der Waals surface area contributed by atoms with Crippen molar-refractivity contribution in [2.24, 2.45) is 0 Å². The number of nitrogens with one attached hydrogen (secondary N) is 1. The molecule has 0 bridgehead atoms. The fourth-order valence-electron chi connectivity index (χ4n) is 4.05. The molecule has 2 aromatic heterocycles. The van der Waals surface area contributed by atoms with Crippen LogP contribution in [0.15, 0.2) is 42.6 Å². The van der Waals surface area contributed by atoms with Gasteiger partial charge >= 0.3 is 0 Å². The minimum absolute atomic E-state index is 0.254. The fraction of sp³-hybridized carbons (Fsp3) is 0.217. The summed E-state index contributed by atoms with van der Waals surface area (Å²) in [7, 11) is 1.56. The van der Waals surface area contributed by atoms with Crippen LogP contribution in [0, 0.1) is 24.1 Å². The second-order valence-electron chi connectivity index (χ2n) is 7.29. The molecule has 1 atom stereocenters. The van der Waals surface area contributed by atoms with E-state index in [1.807, 2.05) is 24.4 Å². The molecule has 0 aliphatic carbocycles. The fourth-order valence-corrected chi connectivity index (χ4v) is 4.05. The second-order valence-corrected chi connectivity index (χ2v) is 7.29. The Bertz CT molecular complexity index is 1310. The summed E-state index contributed by atoms with van der Waals surface area (Å²) >= 11 is 0. The SMILES string of the molecule is COc1c(C#N)ccc2[nH]c(-c3cn4c(n3)[C@@H](c3cccc(F)c3C)OCC4)cc12. The van der Waals surface area contributed by atoms with Gasteiger partial charge in [-0.2, -0.15) is 5.26 Å². The molecule has 7 heteroatoms. The van der Waals surface area contributed by atoms with Gasteiger partial charge < -0.3 is 19.0 Å². The number of imidazole rings is 1. The van der Waals surface area contributed by atoms with Gasteiger partial charge in [-0.05, 0) is 42.3 Å². The maximum Gasteiger partial charge on any atom is 0.146 e. The first-order valence-electron chi connectivity index (χ1n) is 9.64. The van der Waals surface area contributed by atoms with E-state index in [0.29, 0.717) is 30.0 Å². The maximum atomic E-state index is 14.1. The van der Waals surface area contributed by atoms with Crippen LogP contribution in [0.4, 0.5) is 4.39 Å². The summed E-state index contributed by atoms with van der Waals surface area (Å²) in [5, 5.41) is 10.2. The van der Waals surface area contributed by atoms with Crippen LogP contribution < -0.4 is 4.74 Å². The van der Waals surface area contributed by atoms with Gasteiger partial charge in [-0.1, -0.05) is 12.1 Å². The third kappa shape index (κ3) is 2.77. The molecular weight excluding hydrogens is 383 g/mol. The van der Waals surface area contributed by atoms with Crippen LogP contribution in [0.3, 0.4) is 0 Å². The minimum atomic E-state index is -0.424. The van der Waals surface area contributed by atoms with Crippen LogP contribution in [0.1, 0.15) is 28.6 Å². The number of rotatable bonds is 3. The number of benzene rings is 2. The van der Waals surface area contributed by atoms with Crippen molar-refractivity contribution in [1.29, 1.82) is 5.26 Å². The van der Waals surface area contributed by atoms with Gasteiger partial charge in [-0.25, -0.2) is 9.37 Å². The molecule has 0 saturated carbocycles. The first-order chi connectivity index (χ1) is 14.6. The van der Waals surface area contributed by atoms with E-state index in [1.165, 1.54) is 6.07 Å². The van der Waals surface area contributed by atoms with E-state index in [1.54, 1.807) is 26.2 Å². The van der Waals surface area contributed by atoms with E-state index >= 15 is 0 Å². The number of fused-ring (bicyclic) bond motifs is 2. The van der Waals surface area contributed by atoms with Gasteiger partial charge in [0.15, 0.2) is 0 Å². The average molecular weight is 402 g/mol. The monoisotopic (exact) mass is 402 g/mol. The van der Waals surface area contributed by atoms with Crippen molar-refractivity contribution in [1.82, 2.24) is 14.5 Å². The van der Waals surface area contributed by atoms with Gasteiger partial charge in [0.2, 0.25) is 0 Å². The molecule has 4 aromatic rings. The number of methoxy groups -OCH3 is 1. The number of halogens is 1. The standard InChI is InChI=1S/C23H19FN4O2/c1-13-15(4-3-5-17(13)24)22-23-27-20(12-28(23)8-9-30-22)19-10-16-18(26-19)7-6-14(11-25)21(16)29-2/h3-7,10,12,22,26H,8-9H2,1-2H3/t22-/m1/s1. The summed E-state index contributed by atoms with van der Waals surface area (Å²) in [4.78, 5) is 8.18. The van der Waals surface area contributed by atoms with Gasteiger partial charge in [0.05, 0.1) is 25.0 Å². The highest BCUT2D eigenvalue weighted by Gasteiger charge is 2.28. The molecule has 30 heavy (non-hydrogen) atoms. The highest BCUT2D eigenvalue weighted by molar-refractivity contribution is 5.92. The van der Waals surface area contributed by atoms with Crippen molar-refractivity contribution in [2.75, 3.05) is 13.7 Å². The van der Waals surface area contributed by atoms with Gasteiger partial charge in [0, 0.05) is 23.6 Å². The Balaban J connectivity index is 1.61. The van der Waals surface area contributed by atoms with E-state index < -0.39 is 6.10 Å². The summed E-state index contributed by atoms with van der Waals surface area (Å²) in [6.45, 7) is 2.96. The van der Waals surface area contributed by atoms with Crippen LogP contribution in [-0.4, -0.2) is 28.3 Å². The number of aromatic nitrogens is 3. The third-order valence-electron chi connectivity index (χ3n) is 5.61. The maximum absolute atomic E-state index is 14.1. The zero-order valence-corrected chi connectivity index (χ0v) is 16.6. The summed E-state index contributed by atoms with van der Waals surface area (Å²) in [6, 6.07) is 12.7. The number of aromatic amines is 1. The summed E-state index contributed by atoms with van der Waals surface area (Å²) in [5.74, 6) is 1.03. The van der Waals surface area contributed by atoms with Crippen molar-refractivity contribution in [3.8, 4) is 23.2 Å². The Morgan fingerprint density at radius 2 is 2.20 bits per heavy atom. The molecule has 2 aromatic carbocycles. The van der Waals surface area contributed by atoms with Crippen LogP contribution in [0.5, 0.6) is 5.75 Å². The largest absolute Gasteiger partial charge is 0.495 e. The quantitative estimate of drug-likeness (QED) is 0.548. The molecule has 0 unspecified atom stereocenters. The molecule has 0 amide bonds. The molecule has 0 radical (unpaired) electrons. The predicted molar refractivity (Wildman–Crippen MR) is 110 cm³/mol. The van der Waals surface area contributed by atoms with E-state index in [0.717, 1.165) is 33.7 Å². The molecule has 0 fully saturated rings. The average Bonchev–Trinajstić information content (AvgIpc) is 3.38. The van der Waals surface area contributed by atoms with E-state index in [4.69, 9.17) is 14.5 Å². The van der Waals surface area contributed by atoms with Gasteiger partial charge in [-0.3, -0.25) is 0 Å². The van der Waals surface area contributed by atoms with Crippen LogP contribution >= 0.6 is 0 Å². The molecule has 0 spiro atoms. The summed E-state index contributed by atoms with van der Waals surface area (Å²) in [6.07, 6.45) is 1.55. The Morgan fingerprint density at radius 1 is 1.33 bits per heavy atom. The Labute approximate surface area is 172 Å². The highest BCUT2D eigenvalue weighted by Crippen LogP contribution is 2.36. The zero-order valence-electron chi connectivity index (χ0n) is 16.6. The summed E-state index contributed by atoms with van der Waals surface area (Å²) < 4.78 is 27.6. The smallest absolute Gasteiger partial charge is 0.146 e. The normalized spacial score (nSPS) is 15.7. The molecule has 1 aliphatic rings. The molecule has 6 nitrogen and oxygen atoms in total. The van der Waals surface area contributed by atoms with Crippen molar-refractivity contribution in [3.05, 3.63) is 70.9 Å². The first-order valence-corrected chi connectivity index (χ1v) is 9.64.